The highest BCUT2D eigenvalue weighted by Crippen LogP contribution is 2.29. The van der Waals surface area contributed by atoms with Gasteiger partial charge < -0.3 is 5.43 Å². The van der Waals surface area contributed by atoms with Gasteiger partial charge in [0.1, 0.15) is 0 Å². The molecule has 1 N–H and O–H groups in total. The highest BCUT2D eigenvalue weighted by molar-refractivity contribution is 5.86. The molecule has 0 aromatic carbocycles. The minimum absolute atomic E-state index is 0.714. The number of nitrogens with one attached hydrogen (secondary N) is 1. The van der Waals surface area contributed by atoms with Crippen molar-refractivity contribution in [3.05, 3.63) is 0 Å². The number of hydrazone groups is 1. The third-order valence-electron chi connectivity index (χ3n) is 3.23. The van der Waals surface area contributed by atoms with E-state index in [0.29, 0.717) is 6.04 Å². The molecule has 0 spiro atoms. The first-order valence-electron chi connectivity index (χ1n) is 5.56. The summed E-state index contributed by atoms with van der Waals surface area (Å²) < 4.78 is 0. The number of hydrogen-bond donors (Lipinski definition) is 1. The summed E-state index contributed by atoms with van der Waals surface area (Å²) >= 11 is 0. The zero-order valence-corrected chi connectivity index (χ0v) is 8.71. The van der Waals surface area contributed by atoms with Crippen molar-refractivity contribution in [1.82, 2.24) is 5.43 Å². The largest absolute Gasteiger partial charge is 0.307 e. The molecular weight excluding hydrogens is 160 g/mol. The molecule has 0 saturated heterocycles. The molecule has 0 heterocycles. The van der Waals surface area contributed by atoms with E-state index in [4.69, 9.17) is 0 Å². The number of hydrogen-bond acceptors (Lipinski definition) is 2. The van der Waals surface area contributed by atoms with E-state index in [1.165, 1.54) is 37.8 Å². The molecule has 2 aliphatic carbocycles. The summed E-state index contributed by atoms with van der Waals surface area (Å²) in [5.41, 5.74) is 4.65. The Labute approximate surface area is 80.8 Å². The van der Waals surface area contributed by atoms with Gasteiger partial charge in [-0.05, 0) is 43.9 Å². The molecule has 1 unspecified atom stereocenters. The lowest BCUT2D eigenvalue weighted by Gasteiger charge is -2.11. The van der Waals surface area contributed by atoms with E-state index >= 15 is 0 Å². The van der Waals surface area contributed by atoms with Crippen molar-refractivity contribution in [2.45, 2.75) is 52.0 Å². The standard InChI is InChI=1S/C11H20N2/c1-8(2)9-3-4-11(7-9)13-12-10-5-6-10/h8-10,12H,3-7H2,1-2H3/b13-11-. The van der Waals surface area contributed by atoms with Gasteiger partial charge in [-0.1, -0.05) is 13.8 Å². The third kappa shape index (κ3) is 2.45. The highest BCUT2D eigenvalue weighted by atomic mass is 15.3. The first kappa shape index (κ1) is 9.04. The maximum Gasteiger partial charge on any atom is 0.0441 e. The zero-order chi connectivity index (χ0) is 9.26. The molecule has 2 saturated carbocycles. The van der Waals surface area contributed by atoms with Crippen LogP contribution in [0, 0.1) is 11.8 Å². The maximum absolute atomic E-state index is 4.48. The first-order chi connectivity index (χ1) is 6.25. The SMILES string of the molecule is CC(C)C1CC/C(=N/NC2CC2)C1. The molecule has 2 rings (SSSR count). The van der Waals surface area contributed by atoms with E-state index in [9.17, 15) is 0 Å². The van der Waals surface area contributed by atoms with Gasteiger partial charge in [0.25, 0.3) is 0 Å². The summed E-state index contributed by atoms with van der Waals surface area (Å²) in [6.45, 7) is 4.64. The Morgan fingerprint density at radius 3 is 2.62 bits per heavy atom. The van der Waals surface area contributed by atoms with Crippen LogP contribution in [0.2, 0.25) is 0 Å². The highest BCUT2D eigenvalue weighted by Gasteiger charge is 2.25. The predicted molar refractivity (Wildman–Crippen MR) is 55.8 cm³/mol. The Morgan fingerprint density at radius 1 is 1.31 bits per heavy atom. The van der Waals surface area contributed by atoms with Crippen molar-refractivity contribution in [2.24, 2.45) is 16.9 Å². The maximum atomic E-state index is 4.48. The van der Waals surface area contributed by atoms with E-state index in [-0.39, 0.29) is 0 Å². The van der Waals surface area contributed by atoms with Crippen LogP contribution >= 0.6 is 0 Å². The molecule has 0 aromatic heterocycles. The van der Waals surface area contributed by atoms with Crippen LogP contribution in [-0.2, 0) is 0 Å². The van der Waals surface area contributed by atoms with Crippen LogP contribution in [0.25, 0.3) is 0 Å². The Kier molecular flexibility index (Phi) is 2.56. The lowest BCUT2D eigenvalue weighted by molar-refractivity contribution is 0.404. The molecule has 0 amide bonds. The molecule has 0 radical (unpaired) electrons. The van der Waals surface area contributed by atoms with Gasteiger partial charge in [0.15, 0.2) is 0 Å². The molecular formula is C11H20N2. The van der Waals surface area contributed by atoms with Crippen LogP contribution in [0.5, 0.6) is 0 Å². The quantitative estimate of drug-likeness (QED) is 0.663. The van der Waals surface area contributed by atoms with E-state index in [2.05, 4.69) is 24.4 Å². The van der Waals surface area contributed by atoms with Crippen molar-refractivity contribution in [2.75, 3.05) is 0 Å². The summed E-state index contributed by atoms with van der Waals surface area (Å²) in [6.07, 6.45) is 6.46. The summed E-state index contributed by atoms with van der Waals surface area (Å²) in [5.74, 6) is 1.72. The topological polar surface area (TPSA) is 24.4 Å². The van der Waals surface area contributed by atoms with E-state index in [0.717, 1.165) is 11.8 Å². The van der Waals surface area contributed by atoms with Crippen molar-refractivity contribution in [1.29, 1.82) is 0 Å². The fraction of sp³-hybridized carbons (Fsp3) is 0.909. The monoisotopic (exact) mass is 180 g/mol. The molecule has 0 bridgehead atoms. The van der Waals surface area contributed by atoms with Gasteiger partial charge in [-0.3, -0.25) is 0 Å². The molecule has 2 fully saturated rings. The van der Waals surface area contributed by atoms with Crippen molar-refractivity contribution in [3.63, 3.8) is 0 Å². The van der Waals surface area contributed by atoms with Gasteiger partial charge in [-0.25, -0.2) is 0 Å². The lowest BCUT2D eigenvalue weighted by atomic mass is 9.95. The summed E-state index contributed by atoms with van der Waals surface area (Å²) in [7, 11) is 0. The van der Waals surface area contributed by atoms with Crippen LogP contribution in [0.3, 0.4) is 0 Å². The summed E-state index contributed by atoms with van der Waals surface area (Å²) in [6, 6.07) is 0.714. The minimum atomic E-state index is 0.714. The Balaban J connectivity index is 1.78. The van der Waals surface area contributed by atoms with Crippen molar-refractivity contribution >= 4 is 5.71 Å². The van der Waals surface area contributed by atoms with Crippen LogP contribution in [0.1, 0.15) is 46.0 Å². The molecule has 2 heteroatoms. The lowest BCUT2D eigenvalue weighted by Crippen LogP contribution is -2.11. The predicted octanol–water partition coefficient (Wildman–Crippen LogP) is 2.55. The first-order valence-corrected chi connectivity index (χ1v) is 5.56. The average Bonchev–Trinajstić information content (AvgIpc) is 2.79. The van der Waals surface area contributed by atoms with E-state index in [1.807, 2.05) is 0 Å². The molecule has 2 aliphatic rings. The summed E-state index contributed by atoms with van der Waals surface area (Å²) in [5, 5.41) is 4.48. The molecule has 0 aromatic rings. The van der Waals surface area contributed by atoms with Crippen LogP contribution in [-0.4, -0.2) is 11.8 Å². The van der Waals surface area contributed by atoms with Gasteiger partial charge in [-0.2, -0.15) is 5.10 Å². The average molecular weight is 180 g/mol. The number of rotatable bonds is 3. The third-order valence-corrected chi connectivity index (χ3v) is 3.23. The van der Waals surface area contributed by atoms with E-state index < -0.39 is 0 Å². The second kappa shape index (κ2) is 3.69. The Morgan fingerprint density at radius 2 is 2.08 bits per heavy atom. The van der Waals surface area contributed by atoms with Crippen LogP contribution in [0.15, 0.2) is 5.10 Å². The number of nitrogens with zero attached hydrogens (tertiary/aromatic N) is 1. The normalized spacial score (nSPS) is 31.6. The van der Waals surface area contributed by atoms with Crippen molar-refractivity contribution < 1.29 is 0 Å². The fourth-order valence-electron chi connectivity index (χ4n) is 1.92. The molecule has 13 heavy (non-hydrogen) atoms. The van der Waals surface area contributed by atoms with Gasteiger partial charge >= 0.3 is 0 Å². The van der Waals surface area contributed by atoms with Crippen molar-refractivity contribution in [3.8, 4) is 0 Å². The Hall–Kier alpha value is -0.530. The van der Waals surface area contributed by atoms with Crippen LogP contribution in [0.4, 0.5) is 0 Å². The van der Waals surface area contributed by atoms with Gasteiger partial charge in [0.05, 0.1) is 0 Å². The molecule has 74 valence electrons. The van der Waals surface area contributed by atoms with Gasteiger partial charge in [-0.15, -0.1) is 0 Å². The van der Waals surface area contributed by atoms with Gasteiger partial charge in [0, 0.05) is 11.8 Å². The van der Waals surface area contributed by atoms with Crippen LogP contribution < -0.4 is 5.43 Å². The Bertz CT molecular complexity index is 204. The molecule has 2 nitrogen and oxygen atoms in total. The second-order valence-corrected chi connectivity index (χ2v) is 4.83. The molecule has 0 aliphatic heterocycles. The smallest absolute Gasteiger partial charge is 0.0441 e. The van der Waals surface area contributed by atoms with E-state index in [1.54, 1.807) is 0 Å². The fourth-order valence-corrected chi connectivity index (χ4v) is 1.92. The van der Waals surface area contributed by atoms with Gasteiger partial charge in [0.2, 0.25) is 0 Å². The zero-order valence-electron chi connectivity index (χ0n) is 8.71. The second-order valence-electron chi connectivity index (χ2n) is 4.83. The summed E-state index contributed by atoms with van der Waals surface area (Å²) in [4.78, 5) is 0. The minimum Gasteiger partial charge on any atom is -0.307 e. The molecule has 1 atom stereocenters.